The first-order valence-corrected chi connectivity index (χ1v) is 5.91. The summed E-state index contributed by atoms with van der Waals surface area (Å²) in [5.74, 6) is 0. The molecule has 1 N–H and O–H groups in total. The number of benzene rings is 1. The first-order valence-electron chi connectivity index (χ1n) is 5.91. The van der Waals surface area contributed by atoms with Crippen LogP contribution in [0.2, 0.25) is 0 Å². The van der Waals surface area contributed by atoms with Crippen molar-refractivity contribution >= 4 is 6.08 Å². The molecule has 0 aliphatic carbocycles. The zero-order valence-corrected chi connectivity index (χ0v) is 9.97. The second kappa shape index (κ2) is 8.08. The van der Waals surface area contributed by atoms with Crippen LogP contribution in [0.4, 0.5) is 0 Å². The van der Waals surface area contributed by atoms with Gasteiger partial charge in [-0.25, -0.2) is 0 Å². The van der Waals surface area contributed by atoms with Gasteiger partial charge in [0.05, 0.1) is 0 Å². The van der Waals surface area contributed by atoms with Crippen molar-refractivity contribution in [3.63, 3.8) is 0 Å². The maximum Gasteiger partial charge on any atom is 0.0443 e. The molecular formula is C14H21NO. The van der Waals surface area contributed by atoms with Crippen LogP contribution in [0.5, 0.6) is 0 Å². The Hall–Kier alpha value is -1.12. The van der Waals surface area contributed by atoms with E-state index in [4.69, 9.17) is 5.11 Å². The lowest BCUT2D eigenvalue weighted by Gasteiger charge is -2.17. The molecular weight excluding hydrogens is 198 g/mol. The van der Waals surface area contributed by atoms with Gasteiger partial charge in [-0.1, -0.05) is 49.4 Å². The molecule has 0 atom stereocenters. The Morgan fingerprint density at radius 1 is 1.25 bits per heavy atom. The molecule has 2 heteroatoms. The van der Waals surface area contributed by atoms with E-state index in [0.29, 0.717) is 0 Å². The summed E-state index contributed by atoms with van der Waals surface area (Å²) in [6, 6.07) is 10.3. The standard InChI is InChI=1S/C14H21NO/c1-2-15(12-7-13-16)11-6-10-14-8-4-3-5-9-14/h3-6,8-10,16H,2,7,11-13H2,1H3/b10-6+. The normalized spacial score (nSPS) is 11.4. The molecule has 0 saturated carbocycles. The summed E-state index contributed by atoms with van der Waals surface area (Å²) in [6.07, 6.45) is 5.17. The van der Waals surface area contributed by atoms with Gasteiger partial charge in [0.15, 0.2) is 0 Å². The van der Waals surface area contributed by atoms with Gasteiger partial charge in [-0.15, -0.1) is 0 Å². The molecule has 16 heavy (non-hydrogen) atoms. The van der Waals surface area contributed by atoms with Gasteiger partial charge < -0.3 is 5.11 Å². The van der Waals surface area contributed by atoms with Crippen LogP contribution in [0.3, 0.4) is 0 Å². The fraction of sp³-hybridized carbons (Fsp3) is 0.429. The third kappa shape index (κ3) is 5.10. The Kier molecular flexibility index (Phi) is 6.54. The van der Waals surface area contributed by atoms with Crippen molar-refractivity contribution in [2.45, 2.75) is 13.3 Å². The zero-order chi connectivity index (χ0) is 11.6. The number of likely N-dealkylation sites (N-methyl/N-ethyl adjacent to an activating group) is 1. The zero-order valence-electron chi connectivity index (χ0n) is 9.97. The van der Waals surface area contributed by atoms with Gasteiger partial charge in [0.1, 0.15) is 0 Å². The second-order valence-corrected chi connectivity index (χ2v) is 3.78. The lowest BCUT2D eigenvalue weighted by Crippen LogP contribution is -2.25. The lowest BCUT2D eigenvalue weighted by atomic mass is 10.2. The Morgan fingerprint density at radius 2 is 2.00 bits per heavy atom. The van der Waals surface area contributed by atoms with Gasteiger partial charge in [0.2, 0.25) is 0 Å². The van der Waals surface area contributed by atoms with E-state index < -0.39 is 0 Å². The summed E-state index contributed by atoms with van der Waals surface area (Å²) in [7, 11) is 0. The van der Waals surface area contributed by atoms with Crippen LogP contribution in [-0.4, -0.2) is 36.2 Å². The Bertz CT molecular complexity index is 295. The van der Waals surface area contributed by atoms with Gasteiger partial charge in [-0.2, -0.15) is 0 Å². The second-order valence-electron chi connectivity index (χ2n) is 3.78. The minimum Gasteiger partial charge on any atom is -0.396 e. The van der Waals surface area contributed by atoms with Crippen molar-refractivity contribution in [1.29, 1.82) is 0 Å². The van der Waals surface area contributed by atoms with Crippen molar-refractivity contribution in [1.82, 2.24) is 4.90 Å². The molecule has 0 unspecified atom stereocenters. The summed E-state index contributed by atoms with van der Waals surface area (Å²) in [4.78, 5) is 2.32. The van der Waals surface area contributed by atoms with Gasteiger partial charge in [0, 0.05) is 19.7 Å². The Morgan fingerprint density at radius 3 is 2.62 bits per heavy atom. The highest BCUT2D eigenvalue weighted by atomic mass is 16.3. The molecule has 0 radical (unpaired) electrons. The molecule has 0 fully saturated rings. The van der Waals surface area contributed by atoms with Crippen molar-refractivity contribution in [3.05, 3.63) is 42.0 Å². The third-order valence-corrected chi connectivity index (χ3v) is 2.55. The first-order chi connectivity index (χ1) is 7.86. The van der Waals surface area contributed by atoms with Crippen molar-refractivity contribution < 1.29 is 5.11 Å². The fourth-order valence-corrected chi connectivity index (χ4v) is 1.57. The smallest absolute Gasteiger partial charge is 0.0443 e. The Labute approximate surface area is 98.2 Å². The largest absolute Gasteiger partial charge is 0.396 e. The fourth-order valence-electron chi connectivity index (χ4n) is 1.57. The predicted molar refractivity (Wildman–Crippen MR) is 69.3 cm³/mol. The highest BCUT2D eigenvalue weighted by Gasteiger charge is 1.97. The van der Waals surface area contributed by atoms with Crippen LogP contribution >= 0.6 is 0 Å². The monoisotopic (exact) mass is 219 g/mol. The van der Waals surface area contributed by atoms with E-state index in [2.05, 4.69) is 36.1 Å². The highest BCUT2D eigenvalue weighted by Crippen LogP contribution is 2.01. The van der Waals surface area contributed by atoms with Gasteiger partial charge in [-0.05, 0) is 18.5 Å². The van der Waals surface area contributed by atoms with Crippen LogP contribution in [0.15, 0.2) is 36.4 Å². The van der Waals surface area contributed by atoms with E-state index in [0.717, 1.165) is 26.1 Å². The summed E-state index contributed by atoms with van der Waals surface area (Å²) in [5.41, 5.74) is 1.24. The maximum atomic E-state index is 8.77. The molecule has 0 bridgehead atoms. The number of rotatable bonds is 7. The first kappa shape index (κ1) is 12.9. The summed E-state index contributed by atoms with van der Waals surface area (Å²) in [6.45, 7) is 5.36. The van der Waals surface area contributed by atoms with Crippen LogP contribution < -0.4 is 0 Å². The predicted octanol–water partition coefficient (Wildman–Crippen LogP) is 2.40. The maximum absolute atomic E-state index is 8.77. The molecule has 1 aromatic carbocycles. The number of aliphatic hydroxyl groups excluding tert-OH is 1. The molecule has 1 aromatic rings. The molecule has 0 spiro atoms. The summed E-state index contributed by atoms with van der Waals surface area (Å²) < 4.78 is 0. The van der Waals surface area contributed by atoms with Crippen LogP contribution in [-0.2, 0) is 0 Å². The van der Waals surface area contributed by atoms with Crippen LogP contribution in [0.1, 0.15) is 18.9 Å². The van der Waals surface area contributed by atoms with Crippen molar-refractivity contribution in [2.75, 3.05) is 26.2 Å². The van der Waals surface area contributed by atoms with Gasteiger partial charge in [0.25, 0.3) is 0 Å². The molecule has 0 aromatic heterocycles. The molecule has 0 aliphatic heterocycles. The van der Waals surface area contributed by atoms with E-state index in [1.165, 1.54) is 5.56 Å². The van der Waals surface area contributed by atoms with E-state index in [-0.39, 0.29) is 6.61 Å². The quantitative estimate of drug-likeness (QED) is 0.761. The molecule has 88 valence electrons. The number of hydrogen-bond donors (Lipinski definition) is 1. The average Bonchev–Trinajstić information content (AvgIpc) is 2.35. The third-order valence-electron chi connectivity index (χ3n) is 2.55. The molecule has 1 rings (SSSR count). The summed E-state index contributed by atoms with van der Waals surface area (Å²) >= 11 is 0. The number of aliphatic hydroxyl groups is 1. The number of nitrogens with zero attached hydrogens (tertiary/aromatic N) is 1. The molecule has 0 saturated heterocycles. The SMILES string of the molecule is CCN(C/C=C/c1ccccc1)CCCO. The van der Waals surface area contributed by atoms with Gasteiger partial charge >= 0.3 is 0 Å². The Balaban J connectivity index is 2.34. The topological polar surface area (TPSA) is 23.5 Å². The van der Waals surface area contributed by atoms with E-state index in [1.807, 2.05) is 18.2 Å². The van der Waals surface area contributed by atoms with Crippen molar-refractivity contribution in [3.8, 4) is 0 Å². The number of hydrogen-bond acceptors (Lipinski definition) is 2. The highest BCUT2D eigenvalue weighted by molar-refractivity contribution is 5.48. The molecule has 2 nitrogen and oxygen atoms in total. The minimum atomic E-state index is 0.277. The summed E-state index contributed by atoms with van der Waals surface area (Å²) in [5, 5.41) is 8.77. The van der Waals surface area contributed by atoms with E-state index >= 15 is 0 Å². The van der Waals surface area contributed by atoms with Crippen LogP contribution in [0, 0.1) is 0 Å². The van der Waals surface area contributed by atoms with Crippen LogP contribution in [0.25, 0.3) is 6.08 Å². The minimum absolute atomic E-state index is 0.277. The van der Waals surface area contributed by atoms with E-state index in [1.54, 1.807) is 0 Å². The van der Waals surface area contributed by atoms with Gasteiger partial charge in [-0.3, -0.25) is 4.90 Å². The lowest BCUT2D eigenvalue weighted by molar-refractivity contribution is 0.242. The van der Waals surface area contributed by atoms with Crippen molar-refractivity contribution in [2.24, 2.45) is 0 Å². The molecule has 0 aliphatic rings. The average molecular weight is 219 g/mol. The molecule has 0 amide bonds. The molecule has 0 heterocycles. The van der Waals surface area contributed by atoms with E-state index in [9.17, 15) is 0 Å².